The first-order valence-electron chi connectivity index (χ1n) is 6.39. The van der Waals surface area contributed by atoms with Crippen molar-refractivity contribution >= 4 is 29.1 Å². The van der Waals surface area contributed by atoms with Crippen LogP contribution in [0, 0.1) is 10.1 Å². The second-order valence-corrected chi connectivity index (χ2v) is 5.14. The van der Waals surface area contributed by atoms with Gasteiger partial charge in [0.2, 0.25) is 11.6 Å². The van der Waals surface area contributed by atoms with Crippen molar-refractivity contribution in [2.24, 2.45) is 5.84 Å². The second-order valence-electron chi connectivity index (χ2n) is 4.15. The zero-order chi connectivity index (χ0) is 14.8. The minimum Gasteiger partial charge on any atom is -0.364 e. The van der Waals surface area contributed by atoms with E-state index in [1.165, 1.54) is 24.9 Å². The smallest absolute Gasteiger partial charge is 0.354 e. The van der Waals surface area contributed by atoms with Gasteiger partial charge in [0.05, 0.1) is 4.92 Å². The molecule has 0 unspecified atom stereocenters. The van der Waals surface area contributed by atoms with Crippen LogP contribution in [0.25, 0.3) is 0 Å². The van der Waals surface area contributed by atoms with Crippen LogP contribution in [0.2, 0.25) is 0 Å². The summed E-state index contributed by atoms with van der Waals surface area (Å²) in [4.78, 5) is 18.1. The zero-order valence-electron chi connectivity index (χ0n) is 11.5. The third-order valence-electron chi connectivity index (χ3n) is 2.71. The summed E-state index contributed by atoms with van der Waals surface area (Å²) in [5.74, 6) is 6.59. The van der Waals surface area contributed by atoms with E-state index in [9.17, 15) is 10.1 Å². The van der Waals surface area contributed by atoms with E-state index in [1.54, 1.807) is 0 Å². The lowest BCUT2D eigenvalue weighted by Crippen LogP contribution is -2.14. The molecule has 0 aliphatic carbocycles. The number of nitrogens with one attached hydrogen (secondary N) is 2. The van der Waals surface area contributed by atoms with E-state index in [0.29, 0.717) is 6.54 Å². The summed E-state index contributed by atoms with van der Waals surface area (Å²) in [7, 11) is 0. The fourth-order valence-corrected chi connectivity index (χ4v) is 2.21. The summed E-state index contributed by atoms with van der Waals surface area (Å²) < 4.78 is 0. The van der Waals surface area contributed by atoms with Crippen molar-refractivity contribution in [1.82, 2.24) is 9.97 Å². The molecule has 0 saturated heterocycles. The van der Waals surface area contributed by atoms with E-state index in [4.69, 9.17) is 5.84 Å². The Morgan fingerprint density at radius 1 is 1.30 bits per heavy atom. The predicted octanol–water partition coefficient (Wildman–Crippen LogP) is 2.01. The molecule has 0 amide bonds. The van der Waals surface area contributed by atoms with Gasteiger partial charge in [-0.2, -0.15) is 11.8 Å². The number of unbranched alkanes of at least 4 members (excludes halogenated alkanes) is 3. The van der Waals surface area contributed by atoms with Gasteiger partial charge in [0.1, 0.15) is 6.33 Å². The highest BCUT2D eigenvalue weighted by molar-refractivity contribution is 7.98. The van der Waals surface area contributed by atoms with Crippen LogP contribution >= 0.6 is 11.8 Å². The number of rotatable bonds is 10. The van der Waals surface area contributed by atoms with Crippen molar-refractivity contribution in [2.75, 3.05) is 29.3 Å². The van der Waals surface area contributed by atoms with E-state index in [-0.39, 0.29) is 17.3 Å². The van der Waals surface area contributed by atoms with Crippen molar-refractivity contribution in [1.29, 1.82) is 0 Å². The van der Waals surface area contributed by atoms with Crippen molar-refractivity contribution in [2.45, 2.75) is 25.7 Å². The van der Waals surface area contributed by atoms with Gasteiger partial charge in [0.25, 0.3) is 0 Å². The molecule has 0 radical (unpaired) electrons. The number of nitrogen functional groups attached to an aromatic ring is 1. The Bertz CT molecular complexity index is 431. The standard InChI is InChI=1S/C11H20N6O2S/c1-20-7-5-3-2-4-6-13-10-9(17(18)19)11(16-12)15-8-14-10/h8H,2-7,12H2,1H3,(H2,13,14,15,16). The maximum atomic E-state index is 11.0. The lowest BCUT2D eigenvalue weighted by molar-refractivity contribution is -0.383. The molecule has 8 nitrogen and oxygen atoms in total. The molecule has 9 heteroatoms. The average Bonchev–Trinajstić information content (AvgIpc) is 2.45. The third-order valence-corrected chi connectivity index (χ3v) is 3.41. The number of thioether (sulfide) groups is 1. The Hall–Kier alpha value is -1.61. The average molecular weight is 300 g/mol. The van der Waals surface area contributed by atoms with E-state index in [0.717, 1.165) is 12.8 Å². The topological polar surface area (TPSA) is 119 Å². The lowest BCUT2D eigenvalue weighted by Gasteiger charge is -2.07. The van der Waals surface area contributed by atoms with Crippen molar-refractivity contribution in [3.05, 3.63) is 16.4 Å². The molecule has 20 heavy (non-hydrogen) atoms. The molecule has 0 bridgehead atoms. The minimum absolute atomic E-state index is 0.00692. The molecule has 0 saturated carbocycles. The summed E-state index contributed by atoms with van der Waals surface area (Å²) in [5, 5.41) is 14.0. The number of hydrazine groups is 1. The SMILES string of the molecule is CSCCCCCCNc1ncnc(NN)c1[N+](=O)[O-]. The molecule has 1 aromatic heterocycles. The van der Waals surface area contributed by atoms with Gasteiger partial charge in [-0.15, -0.1) is 0 Å². The number of hydrogen-bond donors (Lipinski definition) is 3. The summed E-state index contributed by atoms with van der Waals surface area (Å²) in [6.45, 7) is 0.640. The molecule has 0 atom stereocenters. The number of nitrogens with two attached hydrogens (primary N) is 1. The molecule has 1 heterocycles. The van der Waals surface area contributed by atoms with Crippen LogP contribution in [-0.2, 0) is 0 Å². The van der Waals surface area contributed by atoms with Crippen LogP contribution in [0.4, 0.5) is 17.3 Å². The Kier molecular flexibility index (Phi) is 7.66. The summed E-state index contributed by atoms with van der Waals surface area (Å²) in [6.07, 6.45) is 7.75. The first kappa shape index (κ1) is 16.4. The monoisotopic (exact) mass is 300 g/mol. The van der Waals surface area contributed by atoms with Crippen molar-refractivity contribution in [3.63, 3.8) is 0 Å². The normalized spacial score (nSPS) is 10.3. The van der Waals surface area contributed by atoms with Crippen LogP contribution in [-0.4, -0.2) is 33.4 Å². The number of nitrogens with zero attached hydrogens (tertiary/aromatic N) is 3. The lowest BCUT2D eigenvalue weighted by atomic mass is 10.2. The van der Waals surface area contributed by atoms with Gasteiger partial charge < -0.3 is 10.7 Å². The molecule has 0 aromatic carbocycles. The van der Waals surface area contributed by atoms with Crippen LogP contribution in [0.5, 0.6) is 0 Å². The van der Waals surface area contributed by atoms with Crippen LogP contribution < -0.4 is 16.6 Å². The number of anilines is 2. The van der Waals surface area contributed by atoms with Gasteiger partial charge in [-0.1, -0.05) is 12.8 Å². The second kappa shape index (κ2) is 9.32. The van der Waals surface area contributed by atoms with E-state index >= 15 is 0 Å². The first-order chi connectivity index (χ1) is 9.70. The van der Waals surface area contributed by atoms with Gasteiger partial charge >= 0.3 is 5.69 Å². The van der Waals surface area contributed by atoms with E-state index in [2.05, 4.69) is 27.0 Å². The van der Waals surface area contributed by atoms with Crippen LogP contribution in [0.15, 0.2) is 6.33 Å². The van der Waals surface area contributed by atoms with Crippen molar-refractivity contribution in [3.8, 4) is 0 Å². The molecule has 0 fully saturated rings. The molecule has 0 aliphatic heterocycles. The Morgan fingerprint density at radius 2 is 2.00 bits per heavy atom. The summed E-state index contributed by atoms with van der Waals surface area (Å²) in [6, 6.07) is 0. The predicted molar refractivity (Wildman–Crippen MR) is 81.8 cm³/mol. The molecule has 112 valence electrons. The minimum atomic E-state index is -0.546. The maximum Gasteiger partial charge on any atom is 0.354 e. The Balaban J connectivity index is 2.45. The van der Waals surface area contributed by atoms with Gasteiger partial charge in [-0.25, -0.2) is 15.8 Å². The maximum absolute atomic E-state index is 11.0. The van der Waals surface area contributed by atoms with Gasteiger partial charge in [-0.3, -0.25) is 10.1 Å². The van der Waals surface area contributed by atoms with Gasteiger partial charge in [-0.05, 0) is 24.9 Å². The van der Waals surface area contributed by atoms with Crippen LogP contribution in [0.3, 0.4) is 0 Å². The zero-order valence-corrected chi connectivity index (χ0v) is 12.3. The highest BCUT2D eigenvalue weighted by Crippen LogP contribution is 2.27. The van der Waals surface area contributed by atoms with Crippen molar-refractivity contribution < 1.29 is 4.92 Å². The highest BCUT2D eigenvalue weighted by Gasteiger charge is 2.21. The highest BCUT2D eigenvalue weighted by atomic mass is 32.2. The molecule has 1 aromatic rings. The first-order valence-corrected chi connectivity index (χ1v) is 7.79. The van der Waals surface area contributed by atoms with E-state index < -0.39 is 4.92 Å². The molecule has 0 spiro atoms. The number of aromatic nitrogens is 2. The molecule has 1 rings (SSSR count). The van der Waals surface area contributed by atoms with Crippen LogP contribution in [0.1, 0.15) is 25.7 Å². The Morgan fingerprint density at radius 3 is 2.65 bits per heavy atom. The molecular formula is C11H20N6O2S. The Labute approximate surface area is 122 Å². The largest absolute Gasteiger partial charge is 0.364 e. The summed E-state index contributed by atoms with van der Waals surface area (Å²) >= 11 is 1.85. The number of nitro groups is 1. The van der Waals surface area contributed by atoms with Gasteiger partial charge in [0, 0.05) is 6.54 Å². The third kappa shape index (κ3) is 5.17. The molecule has 0 aliphatic rings. The quantitative estimate of drug-likeness (QED) is 0.260. The van der Waals surface area contributed by atoms with Gasteiger partial charge in [0.15, 0.2) is 0 Å². The molecular weight excluding hydrogens is 280 g/mol. The van der Waals surface area contributed by atoms with E-state index in [1.807, 2.05) is 11.8 Å². The fraction of sp³-hybridized carbons (Fsp3) is 0.636. The fourth-order valence-electron chi connectivity index (χ4n) is 1.72. The summed E-state index contributed by atoms with van der Waals surface area (Å²) in [5.41, 5.74) is 1.98. The molecule has 4 N–H and O–H groups in total. The number of hydrogen-bond acceptors (Lipinski definition) is 8.